The number of nitrogens with one attached hydrogen (secondary N) is 1. The Morgan fingerprint density at radius 1 is 1.24 bits per heavy atom. The molecule has 0 saturated heterocycles. The first-order chi connectivity index (χ1) is 8.28. The summed E-state index contributed by atoms with van der Waals surface area (Å²) >= 11 is 0. The average molecular weight is 240 g/mol. The van der Waals surface area contributed by atoms with E-state index >= 15 is 0 Å². The van der Waals surface area contributed by atoms with Crippen molar-refractivity contribution in [3.8, 4) is 0 Å². The lowest BCUT2D eigenvalue weighted by Gasteiger charge is -2.40. The van der Waals surface area contributed by atoms with Crippen molar-refractivity contribution in [1.82, 2.24) is 5.32 Å². The molecule has 0 unspecified atom stereocenters. The minimum Gasteiger partial charge on any atom is -0.381 e. The van der Waals surface area contributed by atoms with E-state index in [1.165, 1.54) is 38.5 Å². The molecule has 3 nitrogen and oxygen atoms in total. The van der Waals surface area contributed by atoms with Crippen LogP contribution < -0.4 is 11.1 Å². The Labute approximate surface area is 105 Å². The van der Waals surface area contributed by atoms with Crippen molar-refractivity contribution >= 4 is 0 Å². The first-order valence-corrected chi connectivity index (χ1v) is 7.26. The molecular formula is C14H28N2O. The lowest BCUT2D eigenvalue weighted by atomic mass is 9.80. The van der Waals surface area contributed by atoms with E-state index in [-0.39, 0.29) is 5.54 Å². The predicted molar refractivity (Wildman–Crippen MR) is 71.0 cm³/mol. The third-order valence-corrected chi connectivity index (χ3v) is 4.60. The third-order valence-electron chi connectivity index (χ3n) is 4.60. The summed E-state index contributed by atoms with van der Waals surface area (Å²) in [6.07, 6.45) is 10.8. The molecule has 3 heteroatoms. The molecule has 0 aromatic heterocycles. The first kappa shape index (κ1) is 13.3. The summed E-state index contributed by atoms with van der Waals surface area (Å²) in [5.41, 5.74) is 6.18. The SMILES string of the molecule is COC1CCC(CN)(NCCCC2CC2)CC1. The van der Waals surface area contributed by atoms with Crippen molar-refractivity contribution in [3.63, 3.8) is 0 Å². The van der Waals surface area contributed by atoms with Crippen LogP contribution >= 0.6 is 0 Å². The lowest BCUT2D eigenvalue weighted by Crippen LogP contribution is -2.54. The number of hydrogen-bond donors (Lipinski definition) is 2. The van der Waals surface area contributed by atoms with Gasteiger partial charge in [-0.25, -0.2) is 0 Å². The van der Waals surface area contributed by atoms with Crippen molar-refractivity contribution in [2.45, 2.75) is 63.0 Å². The van der Waals surface area contributed by atoms with Gasteiger partial charge >= 0.3 is 0 Å². The van der Waals surface area contributed by atoms with Gasteiger partial charge in [0, 0.05) is 19.2 Å². The van der Waals surface area contributed by atoms with Crippen LogP contribution in [-0.4, -0.2) is 31.8 Å². The second kappa shape index (κ2) is 6.17. The molecule has 2 saturated carbocycles. The molecule has 17 heavy (non-hydrogen) atoms. The summed E-state index contributed by atoms with van der Waals surface area (Å²) in [5, 5.41) is 3.73. The number of nitrogens with two attached hydrogens (primary N) is 1. The largest absolute Gasteiger partial charge is 0.381 e. The summed E-state index contributed by atoms with van der Waals surface area (Å²) in [5.74, 6) is 1.05. The molecule has 2 rings (SSSR count). The number of rotatable bonds is 7. The van der Waals surface area contributed by atoms with Crippen LogP contribution in [0.25, 0.3) is 0 Å². The highest BCUT2D eigenvalue weighted by Gasteiger charge is 2.33. The number of ether oxygens (including phenoxy) is 1. The van der Waals surface area contributed by atoms with E-state index in [2.05, 4.69) is 5.32 Å². The van der Waals surface area contributed by atoms with Crippen molar-refractivity contribution in [2.24, 2.45) is 11.7 Å². The molecule has 0 atom stereocenters. The Morgan fingerprint density at radius 3 is 2.47 bits per heavy atom. The fourth-order valence-corrected chi connectivity index (χ4v) is 2.98. The number of hydrogen-bond acceptors (Lipinski definition) is 3. The molecule has 0 bridgehead atoms. The van der Waals surface area contributed by atoms with Crippen molar-refractivity contribution < 1.29 is 4.74 Å². The third kappa shape index (κ3) is 3.94. The summed E-state index contributed by atoms with van der Waals surface area (Å²) in [6.45, 7) is 1.91. The summed E-state index contributed by atoms with van der Waals surface area (Å²) in [4.78, 5) is 0. The minimum absolute atomic E-state index is 0.207. The molecule has 0 aliphatic heterocycles. The maximum absolute atomic E-state index is 5.98. The lowest BCUT2D eigenvalue weighted by molar-refractivity contribution is 0.0431. The first-order valence-electron chi connectivity index (χ1n) is 7.26. The van der Waals surface area contributed by atoms with Gasteiger partial charge in [0.1, 0.15) is 0 Å². The van der Waals surface area contributed by atoms with Gasteiger partial charge in [-0.3, -0.25) is 0 Å². The van der Waals surface area contributed by atoms with Crippen molar-refractivity contribution in [3.05, 3.63) is 0 Å². The molecule has 0 heterocycles. The van der Waals surface area contributed by atoms with Crippen molar-refractivity contribution in [2.75, 3.05) is 20.2 Å². The van der Waals surface area contributed by atoms with Gasteiger partial charge in [0.05, 0.1) is 6.10 Å². The minimum atomic E-state index is 0.207. The molecule has 2 aliphatic rings. The molecule has 2 fully saturated rings. The Hall–Kier alpha value is -0.120. The molecule has 0 amide bonds. The van der Waals surface area contributed by atoms with Crippen LogP contribution in [0, 0.1) is 5.92 Å². The molecule has 100 valence electrons. The van der Waals surface area contributed by atoms with Crippen LogP contribution in [0.2, 0.25) is 0 Å². The average Bonchev–Trinajstić information content (AvgIpc) is 3.19. The maximum Gasteiger partial charge on any atom is 0.0572 e. The normalized spacial score (nSPS) is 33.9. The van der Waals surface area contributed by atoms with Crippen molar-refractivity contribution in [1.29, 1.82) is 0 Å². The summed E-state index contributed by atoms with van der Waals surface area (Å²) < 4.78 is 5.43. The standard InChI is InChI=1S/C14H28N2O/c1-17-13-6-8-14(11-15,9-7-13)16-10-2-3-12-4-5-12/h12-13,16H,2-11,15H2,1H3. The fraction of sp³-hybridized carbons (Fsp3) is 1.00. The van der Waals surface area contributed by atoms with Crippen LogP contribution in [0.1, 0.15) is 51.4 Å². The monoisotopic (exact) mass is 240 g/mol. The van der Waals surface area contributed by atoms with Gasteiger partial charge in [-0.15, -0.1) is 0 Å². The van der Waals surface area contributed by atoms with Gasteiger partial charge in [0.25, 0.3) is 0 Å². The Balaban J connectivity index is 1.67. The van der Waals surface area contributed by atoms with Gasteiger partial charge in [-0.05, 0) is 51.0 Å². The van der Waals surface area contributed by atoms with Crippen LogP contribution in [0.4, 0.5) is 0 Å². The highest BCUT2D eigenvalue weighted by molar-refractivity contribution is 4.94. The molecule has 0 radical (unpaired) electrons. The van der Waals surface area contributed by atoms with E-state index in [0.29, 0.717) is 6.10 Å². The van der Waals surface area contributed by atoms with E-state index in [9.17, 15) is 0 Å². The van der Waals surface area contributed by atoms with Crippen LogP contribution in [0.15, 0.2) is 0 Å². The molecule has 2 aliphatic carbocycles. The zero-order chi connectivity index (χ0) is 12.1. The van der Waals surface area contributed by atoms with Gasteiger partial charge < -0.3 is 15.8 Å². The Kier molecular flexibility index (Phi) is 4.83. The quantitative estimate of drug-likeness (QED) is 0.670. The Bertz CT molecular complexity index is 220. The molecule has 0 aromatic rings. The summed E-state index contributed by atoms with van der Waals surface area (Å²) in [6, 6.07) is 0. The highest BCUT2D eigenvalue weighted by Crippen LogP contribution is 2.33. The molecule has 3 N–H and O–H groups in total. The van der Waals surface area contributed by atoms with Crippen LogP contribution in [-0.2, 0) is 4.74 Å². The van der Waals surface area contributed by atoms with Crippen LogP contribution in [0.5, 0.6) is 0 Å². The zero-order valence-electron chi connectivity index (χ0n) is 11.2. The second-order valence-corrected chi connectivity index (χ2v) is 5.93. The van der Waals surface area contributed by atoms with E-state index in [1.54, 1.807) is 0 Å². The summed E-state index contributed by atoms with van der Waals surface area (Å²) in [7, 11) is 1.82. The van der Waals surface area contributed by atoms with E-state index in [1.807, 2.05) is 7.11 Å². The topological polar surface area (TPSA) is 47.3 Å². The smallest absolute Gasteiger partial charge is 0.0572 e. The maximum atomic E-state index is 5.98. The second-order valence-electron chi connectivity index (χ2n) is 5.93. The zero-order valence-corrected chi connectivity index (χ0v) is 11.2. The molecular weight excluding hydrogens is 212 g/mol. The Morgan fingerprint density at radius 2 is 1.94 bits per heavy atom. The highest BCUT2D eigenvalue weighted by atomic mass is 16.5. The van der Waals surface area contributed by atoms with Gasteiger partial charge in [0.15, 0.2) is 0 Å². The van der Waals surface area contributed by atoms with E-state index in [0.717, 1.165) is 31.8 Å². The van der Waals surface area contributed by atoms with E-state index < -0.39 is 0 Å². The van der Waals surface area contributed by atoms with E-state index in [4.69, 9.17) is 10.5 Å². The van der Waals surface area contributed by atoms with Gasteiger partial charge in [-0.1, -0.05) is 12.8 Å². The number of methoxy groups -OCH3 is 1. The van der Waals surface area contributed by atoms with Gasteiger partial charge in [-0.2, -0.15) is 0 Å². The van der Waals surface area contributed by atoms with Crippen LogP contribution in [0.3, 0.4) is 0 Å². The fourth-order valence-electron chi connectivity index (χ4n) is 2.98. The predicted octanol–water partition coefficient (Wildman–Crippen LogP) is 2.05. The molecule has 0 aromatic carbocycles. The molecule has 0 spiro atoms. The van der Waals surface area contributed by atoms with Gasteiger partial charge in [0.2, 0.25) is 0 Å².